The number of halogens is 1. The minimum atomic E-state index is -1.03. The van der Waals surface area contributed by atoms with E-state index in [4.69, 9.17) is 5.73 Å². The van der Waals surface area contributed by atoms with Crippen molar-refractivity contribution in [1.82, 2.24) is 9.88 Å². The molecule has 0 fully saturated rings. The highest BCUT2D eigenvalue weighted by Crippen LogP contribution is 2.31. The van der Waals surface area contributed by atoms with Gasteiger partial charge in [-0.25, -0.2) is 9.37 Å². The van der Waals surface area contributed by atoms with Crippen LogP contribution in [0.1, 0.15) is 27.3 Å². The summed E-state index contributed by atoms with van der Waals surface area (Å²) in [6.45, 7) is 2.08. The molecule has 0 radical (unpaired) electrons. The lowest BCUT2D eigenvalue weighted by atomic mass is 9.93. The molecule has 2 heterocycles. The molecule has 2 aromatic carbocycles. The van der Waals surface area contributed by atoms with E-state index in [1.807, 2.05) is 24.3 Å². The summed E-state index contributed by atoms with van der Waals surface area (Å²) in [4.78, 5) is 19.4. The minimum Gasteiger partial charge on any atom is -0.364 e. The molecule has 1 aliphatic rings. The second-order valence-corrected chi connectivity index (χ2v) is 8.79. The van der Waals surface area contributed by atoms with Crippen LogP contribution in [0.25, 0.3) is 11.1 Å². The Bertz CT molecular complexity index is 1130. The SMILES string of the molecule is CS(=O)c1cccc(CN2CCc3c(-c4ccc(F)cc4)cc(C(N)=O)nc3C2)c1. The fourth-order valence-corrected chi connectivity index (χ4v) is 4.41. The summed E-state index contributed by atoms with van der Waals surface area (Å²) in [6.07, 6.45) is 2.43. The van der Waals surface area contributed by atoms with E-state index in [1.54, 1.807) is 24.5 Å². The number of carbonyl (C=O) groups excluding carboxylic acids is 1. The molecule has 1 aliphatic heterocycles. The van der Waals surface area contributed by atoms with Crippen LogP contribution in [0.4, 0.5) is 4.39 Å². The predicted octanol–water partition coefficient (Wildman–Crippen LogP) is 3.28. The summed E-state index contributed by atoms with van der Waals surface area (Å²) in [5.41, 5.74) is 10.4. The van der Waals surface area contributed by atoms with Gasteiger partial charge in [-0.3, -0.25) is 13.9 Å². The molecule has 1 amide bonds. The van der Waals surface area contributed by atoms with E-state index >= 15 is 0 Å². The van der Waals surface area contributed by atoms with Crippen LogP contribution in [0.15, 0.2) is 59.5 Å². The monoisotopic (exact) mass is 423 g/mol. The maximum Gasteiger partial charge on any atom is 0.267 e. The number of rotatable bonds is 5. The maximum atomic E-state index is 13.4. The Labute approximate surface area is 177 Å². The lowest BCUT2D eigenvalue weighted by molar-refractivity contribution is 0.0995. The molecule has 2 N–H and O–H groups in total. The third kappa shape index (κ3) is 4.32. The first-order valence-corrected chi connectivity index (χ1v) is 11.2. The number of hydrogen-bond donors (Lipinski definition) is 1. The van der Waals surface area contributed by atoms with Gasteiger partial charge in [0.1, 0.15) is 11.5 Å². The molecule has 1 atom stereocenters. The zero-order valence-electron chi connectivity index (χ0n) is 16.6. The molecule has 3 aromatic rings. The molecular weight excluding hydrogens is 401 g/mol. The number of nitrogens with zero attached hydrogens (tertiary/aromatic N) is 2. The second-order valence-electron chi connectivity index (χ2n) is 7.41. The Hall–Kier alpha value is -2.90. The fourth-order valence-electron chi connectivity index (χ4n) is 3.82. The zero-order valence-corrected chi connectivity index (χ0v) is 17.4. The van der Waals surface area contributed by atoms with Crippen LogP contribution in [-0.4, -0.2) is 32.8 Å². The summed E-state index contributed by atoms with van der Waals surface area (Å²) in [7, 11) is -1.03. The first kappa shape index (κ1) is 20.4. The van der Waals surface area contributed by atoms with Crippen molar-refractivity contribution in [2.24, 2.45) is 5.73 Å². The molecule has 30 heavy (non-hydrogen) atoms. The number of pyridine rings is 1. The number of fused-ring (bicyclic) bond motifs is 1. The number of nitrogens with two attached hydrogens (primary N) is 1. The van der Waals surface area contributed by atoms with Crippen LogP contribution in [0.5, 0.6) is 0 Å². The van der Waals surface area contributed by atoms with Gasteiger partial charge < -0.3 is 5.73 Å². The van der Waals surface area contributed by atoms with E-state index in [1.165, 1.54) is 12.1 Å². The Balaban J connectivity index is 1.66. The van der Waals surface area contributed by atoms with E-state index in [9.17, 15) is 13.4 Å². The molecule has 1 unspecified atom stereocenters. The van der Waals surface area contributed by atoms with Gasteiger partial charge in [0, 0.05) is 41.6 Å². The van der Waals surface area contributed by atoms with Crippen molar-refractivity contribution in [3.8, 4) is 11.1 Å². The lowest BCUT2D eigenvalue weighted by Crippen LogP contribution is -2.32. The van der Waals surface area contributed by atoms with E-state index in [-0.39, 0.29) is 11.5 Å². The molecule has 0 saturated heterocycles. The summed E-state index contributed by atoms with van der Waals surface area (Å²) >= 11 is 0. The Morgan fingerprint density at radius 3 is 2.67 bits per heavy atom. The van der Waals surface area contributed by atoms with Crippen molar-refractivity contribution >= 4 is 16.7 Å². The van der Waals surface area contributed by atoms with Crippen LogP contribution in [0.2, 0.25) is 0 Å². The highest BCUT2D eigenvalue weighted by molar-refractivity contribution is 7.84. The van der Waals surface area contributed by atoms with E-state index in [0.717, 1.165) is 45.8 Å². The number of amides is 1. The van der Waals surface area contributed by atoms with Crippen molar-refractivity contribution in [2.45, 2.75) is 24.4 Å². The normalized spacial score (nSPS) is 14.9. The van der Waals surface area contributed by atoms with Gasteiger partial charge in [-0.1, -0.05) is 24.3 Å². The molecule has 0 saturated carbocycles. The van der Waals surface area contributed by atoms with Gasteiger partial charge in [0.05, 0.1) is 5.69 Å². The third-order valence-corrected chi connectivity index (χ3v) is 6.22. The van der Waals surface area contributed by atoms with Crippen LogP contribution in [-0.2, 0) is 30.3 Å². The topological polar surface area (TPSA) is 76.3 Å². The highest BCUT2D eigenvalue weighted by Gasteiger charge is 2.23. The smallest absolute Gasteiger partial charge is 0.267 e. The Morgan fingerprint density at radius 1 is 1.20 bits per heavy atom. The fraction of sp³-hybridized carbons (Fsp3) is 0.217. The van der Waals surface area contributed by atoms with Gasteiger partial charge in [-0.2, -0.15) is 0 Å². The van der Waals surface area contributed by atoms with Crippen LogP contribution < -0.4 is 5.73 Å². The molecule has 0 spiro atoms. The van der Waals surface area contributed by atoms with Crippen molar-refractivity contribution < 1.29 is 13.4 Å². The third-order valence-electron chi connectivity index (χ3n) is 5.31. The molecule has 4 rings (SSSR count). The maximum absolute atomic E-state index is 13.4. The summed E-state index contributed by atoms with van der Waals surface area (Å²) in [6, 6.07) is 15.7. The van der Waals surface area contributed by atoms with Gasteiger partial charge in [0.15, 0.2) is 0 Å². The molecular formula is C23H22FN3O2S. The standard InChI is InChI=1S/C23H22FN3O2S/c1-30(29)18-4-2-3-15(11-18)13-27-10-9-19-20(16-5-7-17(24)8-6-16)12-21(23(25)28)26-22(19)14-27/h2-8,11-12H,9-10,13-14H2,1H3,(H2,25,28). The first-order valence-electron chi connectivity index (χ1n) is 9.64. The van der Waals surface area contributed by atoms with Crippen molar-refractivity contribution in [2.75, 3.05) is 12.8 Å². The summed E-state index contributed by atoms with van der Waals surface area (Å²) in [5, 5.41) is 0. The van der Waals surface area contributed by atoms with Gasteiger partial charge in [-0.15, -0.1) is 0 Å². The van der Waals surface area contributed by atoms with E-state index in [2.05, 4.69) is 9.88 Å². The van der Waals surface area contributed by atoms with Crippen molar-refractivity contribution in [1.29, 1.82) is 0 Å². The molecule has 0 aliphatic carbocycles. The van der Waals surface area contributed by atoms with Gasteiger partial charge in [0.2, 0.25) is 0 Å². The number of hydrogen-bond acceptors (Lipinski definition) is 4. The Kier molecular flexibility index (Phi) is 5.74. The molecule has 7 heteroatoms. The quantitative estimate of drug-likeness (QED) is 0.683. The van der Waals surface area contributed by atoms with Gasteiger partial charge in [-0.05, 0) is 59.0 Å². The molecule has 1 aromatic heterocycles. The van der Waals surface area contributed by atoms with Crippen LogP contribution >= 0.6 is 0 Å². The van der Waals surface area contributed by atoms with E-state index < -0.39 is 16.7 Å². The molecule has 0 bridgehead atoms. The number of benzene rings is 2. The van der Waals surface area contributed by atoms with Gasteiger partial charge in [0.25, 0.3) is 5.91 Å². The predicted molar refractivity (Wildman–Crippen MR) is 115 cm³/mol. The van der Waals surface area contributed by atoms with Gasteiger partial charge >= 0.3 is 0 Å². The molecule has 154 valence electrons. The first-order chi connectivity index (χ1) is 14.4. The molecule has 5 nitrogen and oxygen atoms in total. The average molecular weight is 424 g/mol. The number of carbonyl (C=O) groups is 1. The number of aromatic nitrogens is 1. The van der Waals surface area contributed by atoms with Crippen molar-refractivity contribution in [3.63, 3.8) is 0 Å². The number of primary amides is 1. The second kappa shape index (κ2) is 8.45. The summed E-state index contributed by atoms with van der Waals surface area (Å²) < 4.78 is 25.1. The highest BCUT2D eigenvalue weighted by atomic mass is 32.2. The summed E-state index contributed by atoms with van der Waals surface area (Å²) in [5.74, 6) is -0.894. The van der Waals surface area contributed by atoms with E-state index in [0.29, 0.717) is 13.1 Å². The van der Waals surface area contributed by atoms with Crippen LogP contribution in [0, 0.1) is 5.82 Å². The zero-order chi connectivity index (χ0) is 21.3. The minimum absolute atomic E-state index is 0.207. The van der Waals surface area contributed by atoms with Crippen LogP contribution in [0.3, 0.4) is 0 Å². The average Bonchev–Trinajstić information content (AvgIpc) is 2.73. The van der Waals surface area contributed by atoms with Crippen molar-refractivity contribution in [3.05, 3.63) is 82.9 Å². The Morgan fingerprint density at radius 2 is 1.97 bits per heavy atom. The lowest BCUT2D eigenvalue weighted by Gasteiger charge is -2.30. The largest absolute Gasteiger partial charge is 0.364 e.